The molecule has 344 valence electrons. The van der Waals surface area contributed by atoms with E-state index in [2.05, 4.69) is 50.4 Å². The predicted octanol–water partition coefficient (Wildman–Crippen LogP) is 15.1. The van der Waals surface area contributed by atoms with Crippen LogP contribution in [0.1, 0.15) is 252 Å². The van der Waals surface area contributed by atoms with E-state index in [1.165, 1.54) is 135 Å². The van der Waals surface area contributed by atoms with E-state index >= 15 is 0 Å². The number of hydrogen-bond acceptors (Lipinski definition) is 5. The maximum absolute atomic E-state index is 13.2. The van der Waals surface area contributed by atoms with Crippen LogP contribution in [-0.4, -0.2) is 46.9 Å². The molecule has 0 heterocycles. The predicted molar refractivity (Wildman–Crippen MR) is 255 cm³/mol. The summed E-state index contributed by atoms with van der Waals surface area (Å²) in [6.07, 6.45) is 56.0. The van der Waals surface area contributed by atoms with Crippen molar-refractivity contribution in [2.75, 3.05) is 6.61 Å². The molecule has 6 nitrogen and oxygen atoms in total. The van der Waals surface area contributed by atoms with Crippen LogP contribution < -0.4 is 5.32 Å². The maximum atomic E-state index is 13.2. The molecule has 0 aliphatic rings. The molecule has 0 aromatic carbocycles. The highest BCUT2D eigenvalue weighted by Gasteiger charge is 2.24. The summed E-state index contributed by atoms with van der Waals surface area (Å²) in [7, 11) is 0. The number of carbonyl (C=O) groups is 2. The highest BCUT2D eigenvalue weighted by molar-refractivity contribution is 5.77. The molecule has 6 heteroatoms. The third kappa shape index (κ3) is 42.3. The number of unbranched alkanes of at least 4 members (excludes halogenated alkanes) is 28. The van der Waals surface area contributed by atoms with Crippen LogP contribution in [0.25, 0.3) is 0 Å². The summed E-state index contributed by atoms with van der Waals surface area (Å²) in [4.78, 5) is 26.1. The normalized spacial score (nSPS) is 13.6. The van der Waals surface area contributed by atoms with Gasteiger partial charge in [0.25, 0.3) is 0 Å². The molecule has 3 N–H and O–H groups in total. The van der Waals surface area contributed by atoms with Crippen LogP contribution in [0.3, 0.4) is 0 Å². The minimum atomic E-state index is -0.796. The Bertz CT molecular complexity index is 1020. The third-order valence-corrected chi connectivity index (χ3v) is 11.5. The van der Waals surface area contributed by atoms with Crippen molar-refractivity contribution >= 4 is 11.9 Å². The Kier molecular flexibility index (Phi) is 45.1. The van der Waals surface area contributed by atoms with Gasteiger partial charge in [0.2, 0.25) is 5.91 Å². The van der Waals surface area contributed by atoms with E-state index in [0.29, 0.717) is 19.3 Å². The smallest absolute Gasteiger partial charge is 0.306 e. The van der Waals surface area contributed by atoms with E-state index in [4.69, 9.17) is 4.74 Å². The number of ether oxygens (including phenoxy) is 1. The molecule has 0 saturated heterocycles. The summed E-state index contributed by atoms with van der Waals surface area (Å²) in [6, 6.07) is -0.712. The van der Waals surface area contributed by atoms with Crippen LogP contribution >= 0.6 is 0 Å². The zero-order chi connectivity index (χ0) is 43.1. The molecule has 0 aromatic heterocycles. The quantitative estimate of drug-likeness (QED) is 0.0323. The van der Waals surface area contributed by atoms with E-state index in [1.807, 2.05) is 24.3 Å². The molecule has 0 bridgehead atoms. The number of amides is 1. The highest BCUT2D eigenvalue weighted by Crippen LogP contribution is 2.18. The molecule has 3 unspecified atom stereocenters. The molecule has 1 amide bonds. The van der Waals surface area contributed by atoms with E-state index in [9.17, 15) is 19.8 Å². The zero-order valence-corrected chi connectivity index (χ0v) is 39.1. The average Bonchev–Trinajstić information content (AvgIpc) is 3.23. The summed E-state index contributed by atoms with van der Waals surface area (Å²) < 4.78 is 5.91. The molecule has 0 rings (SSSR count). The topological polar surface area (TPSA) is 95.9 Å². The largest absolute Gasteiger partial charge is 0.462 e. The summed E-state index contributed by atoms with van der Waals surface area (Å²) >= 11 is 0. The van der Waals surface area contributed by atoms with Crippen molar-refractivity contribution in [1.82, 2.24) is 5.32 Å². The zero-order valence-electron chi connectivity index (χ0n) is 39.1. The molecule has 59 heavy (non-hydrogen) atoms. The number of nitrogens with one attached hydrogen (secondary N) is 1. The fraction of sp³-hybridized carbons (Fsp3) is 0.811. The molecule has 0 aromatic rings. The minimum Gasteiger partial charge on any atom is -0.462 e. The van der Waals surface area contributed by atoms with Crippen molar-refractivity contribution < 1.29 is 24.5 Å². The summed E-state index contributed by atoms with van der Waals surface area (Å²) in [5.41, 5.74) is 0. The Hall–Kier alpha value is -2.18. The Morgan fingerprint density at radius 2 is 0.915 bits per heavy atom. The lowest BCUT2D eigenvalue weighted by atomic mass is 10.0. The van der Waals surface area contributed by atoms with Crippen molar-refractivity contribution in [3.63, 3.8) is 0 Å². The van der Waals surface area contributed by atoms with Gasteiger partial charge >= 0.3 is 5.97 Å². The molecule has 0 spiro atoms. The Labute approximate surface area is 366 Å². The number of allylic oxidation sites excluding steroid dienone is 8. The van der Waals surface area contributed by atoms with Crippen molar-refractivity contribution in [2.45, 2.75) is 270 Å². The van der Waals surface area contributed by atoms with Gasteiger partial charge in [-0.15, -0.1) is 0 Å². The van der Waals surface area contributed by atoms with Gasteiger partial charge in [-0.3, -0.25) is 9.59 Å². The van der Waals surface area contributed by atoms with Gasteiger partial charge in [0.15, 0.2) is 0 Å². The summed E-state index contributed by atoms with van der Waals surface area (Å²) in [6.45, 7) is 6.34. The fourth-order valence-corrected chi connectivity index (χ4v) is 7.68. The van der Waals surface area contributed by atoms with E-state index in [1.54, 1.807) is 0 Å². The number of esters is 1. The number of rotatable bonds is 45. The lowest BCUT2D eigenvalue weighted by Gasteiger charge is -2.24. The standard InChI is InChI=1S/C53H97NO5/c1-4-7-10-13-16-19-22-25-26-28-31-34-37-40-43-46-53(58)59-49(44-41-38-35-32-29-27-23-20-17-14-11-8-5-2)47-52(57)54-50(48-55)51(56)45-42-39-36-33-30-24-21-18-15-12-9-6-3/h8,11,14,17,20,23,27,29,49-51,55-56H,4-7,9-10,12-13,15-16,18-19,21-22,24-26,28,30-48H2,1-3H3,(H,54,57)/b11-8+,17-14+,23-20+,29-27-. The molecular weight excluding hydrogens is 731 g/mol. The first-order valence-electron chi connectivity index (χ1n) is 25.4. The Balaban J connectivity index is 4.61. The first-order chi connectivity index (χ1) is 29.0. The van der Waals surface area contributed by atoms with Gasteiger partial charge in [0.05, 0.1) is 25.2 Å². The third-order valence-electron chi connectivity index (χ3n) is 11.5. The second kappa shape index (κ2) is 46.9. The van der Waals surface area contributed by atoms with E-state index in [0.717, 1.165) is 70.6 Å². The van der Waals surface area contributed by atoms with Crippen molar-refractivity contribution in [3.05, 3.63) is 48.6 Å². The molecular formula is C53H97NO5. The molecule has 0 aliphatic carbocycles. The molecule has 0 fully saturated rings. The maximum Gasteiger partial charge on any atom is 0.306 e. The van der Waals surface area contributed by atoms with Gasteiger partial charge in [-0.2, -0.15) is 0 Å². The van der Waals surface area contributed by atoms with Crippen LogP contribution in [0.5, 0.6) is 0 Å². The first kappa shape index (κ1) is 56.8. The van der Waals surface area contributed by atoms with E-state index in [-0.39, 0.29) is 24.9 Å². The van der Waals surface area contributed by atoms with Gasteiger partial charge < -0.3 is 20.3 Å². The minimum absolute atomic E-state index is 0.0537. The second-order valence-electron chi connectivity index (χ2n) is 17.3. The van der Waals surface area contributed by atoms with E-state index < -0.39 is 18.2 Å². The van der Waals surface area contributed by atoms with Crippen LogP contribution in [-0.2, 0) is 14.3 Å². The van der Waals surface area contributed by atoms with Gasteiger partial charge in [-0.1, -0.05) is 243 Å². The van der Waals surface area contributed by atoms with Gasteiger partial charge in [-0.05, 0) is 44.9 Å². The molecule has 0 saturated carbocycles. The number of aliphatic hydroxyl groups is 2. The highest BCUT2D eigenvalue weighted by atomic mass is 16.5. The number of hydrogen-bond donors (Lipinski definition) is 3. The lowest BCUT2D eigenvalue weighted by molar-refractivity contribution is -0.151. The van der Waals surface area contributed by atoms with Crippen LogP contribution in [0.15, 0.2) is 48.6 Å². The fourth-order valence-electron chi connectivity index (χ4n) is 7.68. The summed E-state index contributed by atoms with van der Waals surface area (Å²) in [5.74, 6) is -0.506. The van der Waals surface area contributed by atoms with Gasteiger partial charge in [-0.25, -0.2) is 0 Å². The summed E-state index contributed by atoms with van der Waals surface area (Å²) in [5, 5.41) is 23.7. The van der Waals surface area contributed by atoms with Crippen molar-refractivity contribution in [1.29, 1.82) is 0 Å². The van der Waals surface area contributed by atoms with Crippen LogP contribution in [0, 0.1) is 0 Å². The average molecular weight is 828 g/mol. The molecule has 0 radical (unpaired) electrons. The van der Waals surface area contributed by atoms with Crippen molar-refractivity contribution in [3.8, 4) is 0 Å². The number of aliphatic hydroxyl groups excluding tert-OH is 2. The monoisotopic (exact) mass is 828 g/mol. The Morgan fingerprint density at radius 1 is 0.508 bits per heavy atom. The molecule has 0 aliphatic heterocycles. The van der Waals surface area contributed by atoms with Crippen LogP contribution in [0.4, 0.5) is 0 Å². The van der Waals surface area contributed by atoms with Gasteiger partial charge in [0, 0.05) is 6.42 Å². The SMILES string of the molecule is CC/C=C/C=C/C=C/C=C\CCCCCC(CC(=O)NC(CO)C(O)CCCCCCCCCCCCCC)OC(=O)CCCCCCCCCCCCCCCCC. The van der Waals surface area contributed by atoms with Crippen molar-refractivity contribution in [2.24, 2.45) is 0 Å². The number of carbonyl (C=O) groups excluding carboxylic acids is 2. The first-order valence-corrected chi connectivity index (χ1v) is 25.4. The lowest BCUT2D eigenvalue weighted by Crippen LogP contribution is -2.46. The molecule has 3 atom stereocenters. The van der Waals surface area contributed by atoms with Gasteiger partial charge in [0.1, 0.15) is 6.10 Å². The second-order valence-corrected chi connectivity index (χ2v) is 17.3. The van der Waals surface area contributed by atoms with Crippen LogP contribution in [0.2, 0.25) is 0 Å². The Morgan fingerprint density at radius 3 is 1.39 bits per heavy atom.